The van der Waals surface area contributed by atoms with Gasteiger partial charge in [0.2, 0.25) is 0 Å². The molecule has 1 aliphatic heterocycles. The number of aryl methyl sites for hydroxylation is 2. The molecule has 0 bridgehead atoms. The van der Waals surface area contributed by atoms with E-state index in [-0.39, 0.29) is 17.9 Å². The Hall–Kier alpha value is -1.19. The van der Waals surface area contributed by atoms with Crippen molar-refractivity contribution in [1.29, 1.82) is 0 Å². The molecule has 2 atom stereocenters. The number of ether oxygens (including phenoxy) is 1. The summed E-state index contributed by atoms with van der Waals surface area (Å²) in [5.41, 5.74) is 3.07. The highest BCUT2D eigenvalue weighted by Crippen LogP contribution is 2.18. The maximum atomic E-state index is 12.3. The van der Waals surface area contributed by atoms with Gasteiger partial charge >= 0.3 is 0 Å². The molecule has 3 nitrogen and oxygen atoms in total. The van der Waals surface area contributed by atoms with E-state index in [0.717, 1.165) is 24.1 Å². The number of nitrogens with one attached hydrogen (secondary N) is 1. The Labute approximate surface area is 102 Å². The second-order valence-electron chi connectivity index (χ2n) is 4.74. The number of hydrogen-bond acceptors (Lipinski definition) is 3. The summed E-state index contributed by atoms with van der Waals surface area (Å²) in [5, 5.41) is 3.22. The van der Waals surface area contributed by atoms with Gasteiger partial charge in [0.05, 0.1) is 12.1 Å². The molecule has 0 aliphatic carbocycles. The van der Waals surface area contributed by atoms with Crippen molar-refractivity contribution in [2.45, 2.75) is 32.4 Å². The minimum atomic E-state index is -0.0960. The van der Waals surface area contributed by atoms with Crippen molar-refractivity contribution in [3.05, 3.63) is 34.9 Å². The number of Topliss-reactive ketones (excluding diaryl/α,β-unsaturated/α-hetero) is 1. The van der Waals surface area contributed by atoms with Gasteiger partial charge in [-0.3, -0.25) is 4.79 Å². The second-order valence-corrected chi connectivity index (χ2v) is 4.74. The topological polar surface area (TPSA) is 38.3 Å². The highest BCUT2D eigenvalue weighted by atomic mass is 16.5. The third kappa shape index (κ3) is 2.56. The van der Waals surface area contributed by atoms with Crippen LogP contribution in [0.5, 0.6) is 0 Å². The van der Waals surface area contributed by atoms with Crippen LogP contribution in [0.25, 0.3) is 0 Å². The lowest BCUT2D eigenvalue weighted by Gasteiger charge is -2.12. The first-order valence-corrected chi connectivity index (χ1v) is 5.99. The zero-order valence-electron chi connectivity index (χ0n) is 10.6. The second kappa shape index (κ2) is 4.98. The maximum Gasteiger partial charge on any atom is 0.180 e. The summed E-state index contributed by atoms with van der Waals surface area (Å²) in [5.74, 6) is 0.182. The Bertz CT molecular complexity index is 428. The summed E-state index contributed by atoms with van der Waals surface area (Å²) in [7, 11) is 1.69. The highest BCUT2D eigenvalue weighted by molar-refractivity contribution is 6.01. The van der Waals surface area contributed by atoms with Crippen LogP contribution in [0, 0.1) is 13.8 Å². The van der Waals surface area contributed by atoms with Crippen LogP contribution >= 0.6 is 0 Å². The summed E-state index contributed by atoms with van der Waals surface area (Å²) in [4.78, 5) is 12.3. The Balaban J connectivity index is 2.15. The van der Waals surface area contributed by atoms with E-state index in [1.165, 1.54) is 5.56 Å². The lowest BCUT2D eigenvalue weighted by Crippen LogP contribution is -2.31. The summed E-state index contributed by atoms with van der Waals surface area (Å²) in [6, 6.07) is 5.87. The number of ketones is 1. The van der Waals surface area contributed by atoms with Crippen molar-refractivity contribution >= 4 is 5.78 Å². The molecule has 1 fully saturated rings. The molecule has 1 aromatic rings. The molecule has 1 saturated heterocycles. The van der Waals surface area contributed by atoms with Crippen LogP contribution in [0.3, 0.4) is 0 Å². The minimum Gasteiger partial charge on any atom is -0.380 e. The van der Waals surface area contributed by atoms with Gasteiger partial charge in [-0.05, 0) is 25.8 Å². The van der Waals surface area contributed by atoms with Crippen molar-refractivity contribution in [2.24, 2.45) is 0 Å². The van der Waals surface area contributed by atoms with Crippen LogP contribution in [0.4, 0.5) is 0 Å². The molecule has 0 radical (unpaired) electrons. The number of benzene rings is 1. The van der Waals surface area contributed by atoms with E-state index in [9.17, 15) is 4.79 Å². The van der Waals surface area contributed by atoms with Crippen LogP contribution in [-0.4, -0.2) is 31.6 Å². The zero-order chi connectivity index (χ0) is 12.4. The monoisotopic (exact) mass is 233 g/mol. The molecule has 2 rings (SSSR count). The predicted octanol–water partition coefficient (Wildman–Crippen LogP) is 1.86. The Morgan fingerprint density at radius 1 is 1.41 bits per heavy atom. The normalized spacial score (nSPS) is 23.9. The fraction of sp³-hybridized carbons (Fsp3) is 0.500. The molecule has 1 aromatic carbocycles. The zero-order valence-corrected chi connectivity index (χ0v) is 10.6. The minimum absolute atomic E-state index is 0.0960. The van der Waals surface area contributed by atoms with Crippen LogP contribution in [0.1, 0.15) is 27.9 Å². The molecule has 1 aliphatic rings. The summed E-state index contributed by atoms with van der Waals surface area (Å²) in [6.07, 6.45) is 0.928. The average molecular weight is 233 g/mol. The molecule has 0 spiro atoms. The fourth-order valence-electron chi connectivity index (χ4n) is 2.36. The van der Waals surface area contributed by atoms with Gasteiger partial charge in [0.15, 0.2) is 5.78 Å². The third-order valence-electron chi connectivity index (χ3n) is 3.39. The molecule has 3 heteroatoms. The van der Waals surface area contributed by atoms with Crippen molar-refractivity contribution < 1.29 is 9.53 Å². The first-order valence-electron chi connectivity index (χ1n) is 5.99. The van der Waals surface area contributed by atoms with E-state index in [0.29, 0.717) is 0 Å². The largest absolute Gasteiger partial charge is 0.380 e. The molecular weight excluding hydrogens is 214 g/mol. The number of carbonyl (C=O) groups excluding carboxylic acids is 1. The van der Waals surface area contributed by atoms with E-state index >= 15 is 0 Å². The first kappa shape index (κ1) is 12.3. The first-order chi connectivity index (χ1) is 8.11. The standard InChI is InChI=1S/C14H19NO2/c1-9-4-5-12(10(2)6-9)14(16)13-7-11(17-3)8-15-13/h4-6,11,13,15H,7-8H2,1-3H3. The lowest BCUT2D eigenvalue weighted by molar-refractivity contribution is 0.0918. The number of methoxy groups -OCH3 is 1. The Morgan fingerprint density at radius 2 is 2.18 bits per heavy atom. The average Bonchev–Trinajstić information content (AvgIpc) is 2.76. The summed E-state index contributed by atoms with van der Waals surface area (Å²) in [6.45, 7) is 4.79. The SMILES string of the molecule is COC1CNC(C(=O)c2ccc(C)cc2C)C1. The van der Waals surface area contributed by atoms with Crippen LogP contribution < -0.4 is 5.32 Å². The van der Waals surface area contributed by atoms with Crippen LogP contribution in [0.15, 0.2) is 18.2 Å². The molecule has 92 valence electrons. The molecule has 17 heavy (non-hydrogen) atoms. The van der Waals surface area contributed by atoms with Gasteiger partial charge in [0, 0.05) is 19.2 Å². The van der Waals surface area contributed by atoms with Gasteiger partial charge in [-0.15, -0.1) is 0 Å². The van der Waals surface area contributed by atoms with Crippen molar-refractivity contribution in [1.82, 2.24) is 5.32 Å². The van der Waals surface area contributed by atoms with Crippen molar-refractivity contribution in [3.63, 3.8) is 0 Å². The van der Waals surface area contributed by atoms with Gasteiger partial charge in [0.25, 0.3) is 0 Å². The van der Waals surface area contributed by atoms with Gasteiger partial charge < -0.3 is 10.1 Å². The van der Waals surface area contributed by atoms with Gasteiger partial charge in [0.1, 0.15) is 0 Å². The van der Waals surface area contributed by atoms with E-state index < -0.39 is 0 Å². The number of carbonyl (C=O) groups is 1. The summed E-state index contributed by atoms with van der Waals surface area (Å²) < 4.78 is 5.26. The maximum absolute atomic E-state index is 12.3. The van der Waals surface area contributed by atoms with Gasteiger partial charge in [-0.1, -0.05) is 23.8 Å². The Morgan fingerprint density at radius 3 is 2.76 bits per heavy atom. The molecule has 1 heterocycles. The van der Waals surface area contributed by atoms with E-state index in [4.69, 9.17) is 4.74 Å². The molecule has 2 unspecified atom stereocenters. The van der Waals surface area contributed by atoms with Crippen molar-refractivity contribution in [3.8, 4) is 0 Å². The predicted molar refractivity (Wildman–Crippen MR) is 67.5 cm³/mol. The molecule has 1 N–H and O–H groups in total. The van der Waals surface area contributed by atoms with E-state index in [1.54, 1.807) is 7.11 Å². The van der Waals surface area contributed by atoms with E-state index in [2.05, 4.69) is 11.4 Å². The van der Waals surface area contributed by atoms with Crippen LogP contribution in [0.2, 0.25) is 0 Å². The molecular formula is C14H19NO2. The molecule has 0 saturated carbocycles. The van der Waals surface area contributed by atoms with Gasteiger partial charge in [-0.25, -0.2) is 0 Å². The number of hydrogen-bond donors (Lipinski definition) is 1. The third-order valence-corrected chi connectivity index (χ3v) is 3.39. The number of rotatable bonds is 3. The summed E-state index contributed by atoms with van der Waals surface area (Å²) >= 11 is 0. The van der Waals surface area contributed by atoms with Crippen molar-refractivity contribution in [2.75, 3.05) is 13.7 Å². The van der Waals surface area contributed by atoms with Gasteiger partial charge in [-0.2, -0.15) is 0 Å². The smallest absolute Gasteiger partial charge is 0.180 e. The molecule has 0 aromatic heterocycles. The fourth-order valence-corrected chi connectivity index (χ4v) is 2.36. The van der Waals surface area contributed by atoms with E-state index in [1.807, 2.05) is 26.0 Å². The molecule has 0 amide bonds. The Kier molecular flexibility index (Phi) is 3.60. The highest BCUT2D eigenvalue weighted by Gasteiger charge is 2.30. The quantitative estimate of drug-likeness (QED) is 0.810. The lowest BCUT2D eigenvalue weighted by atomic mass is 9.97. The van der Waals surface area contributed by atoms with Crippen LogP contribution in [-0.2, 0) is 4.74 Å².